The molecule has 0 saturated carbocycles. The van der Waals surface area contributed by atoms with Gasteiger partial charge in [-0.15, -0.1) is 0 Å². The van der Waals surface area contributed by atoms with E-state index in [0.29, 0.717) is 6.04 Å². The van der Waals surface area contributed by atoms with Gasteiger partial charge in [0.1, 0.15) is 22.2 Å². The van der Waals surface area contributed by atoms with Crippen LogP contribution in [-0.2, 0) is 0 Å². The van der Waals surface area contributed by atoms with E-state index >= 15 is 0 Å². The molecule has 0 radical (unpaired) electrons. The second-order valence-electron chi connectivity index (χ2n) is 6.25. The molecule has 0 bridgehead atoms. The van der Waals surface area contributed by atoms with Gasteiger partial charge in [0.05, 0.1) is 4.92 Å². The lowest BCUT2D eigenvalue weighted by molar-refractivity contribution is -0.384. The molecule has 0 N–H and O–H groups in total. The van der Waals surface area contributed by atoms with Crippen LogP contribution in [0.5, 0.6) is 0 Å². The number of hydrogen-bond acceptors (Lipinski definition) is 7. The van der Waals surface area contributed by atoms with E-state index < -0.39 is 4.92 Å². The maximum atomic E-state index is 10.8. The number of anilines is 1. The Morgan fingerprint density at radius 1 is 1.24 bits per heavy atom. The van der Waals surface area contributed by atoms with Gasteiger partial charge in [-0.25, -0.2) is 9.97 Å². The highest BCUT2D eigenvalue weighted by atomic mass is 32.1. The number of nitro groups is 1. The Balaban J connectivity index is 1.77. The molecule has 128 valence electrons. The van der Waals surface area contributed by atoms with Gasteiger partial charge < -0.3 is 4.90 Å². The van der Waals surface area contributed by atoms with E-state index in [-0.39, 0.29) is 5.69 Å². The molecule has 0 aliphatic carbocycles. The summed E-state index contributed by atoms with van der Waals surface area (Å²) in [5, 5.41) is 10.8. The fourth-order valence-electron chi connectivity index (χ4n) is 3.30. The molecule has 8 heteroatoms. The molecule has 0 amide bonds. The van der Waals surface area contributed by atoms with Gasteiger partial charge in [-0.3, -0.25) is 10.1 Å². The summed E-state index contributed by atoms with van der Waals surface area (Å²) < 4.78 is 5.54. The Morgan fingerprint density at radius 3 is 2.76 bits per heavy atom. The number of hydrogen-bond donors (Lipinski definition) is 0. The smallest absolute Gasteiger partial charge is 0.269 e. The predicted octanol–water partition coefficient (Wildman–Crippen LogP) is 4.04. The van der Waals surface area contributed by atoms with Crippen molar-refractivity contribution in [2.45, 2.75) is 32.2 Å². The van der Waals surface area contributed by atoms with Gasteiger partial charge in [0.15, 0.2) is 5.82 Å². The van der Waals surface area contributed by atoms with Crippen molar-refractivity contribution < 1.29 is 4.92 Å². The Morgan fingerprint density at radius 2 is 2.04 bits per heavy atom. The summed E-state index contributed by atoms with van der Waals surface area (Å²) >= 11 is 1.39. The van der Waals surface area contributed by atoms with Crippen molar-refractivity contribution in [3.8, 4) is 11.3 Å². The molecule has 1 aliphatic heterocycles. The Labute approximate surface area is 148 Å². The zero-order chi connectivity index (χ0) is 17.4. The van der Waals surface area contributed by atoms with Crippen molar-refractivity contribution in [2.24, 2.45) is 0 Å². The minimum absolute atomic E-state index is 0.0701. The first-order chi connectivity index (χ1) is 12.1. The average Bonchev–Trinajstić information content (AvgIpc) is 3.06. The summed E-state index contributed by atoms with van der Waals surface area (Å²) in [7, 11) is 0. The summed E-state index contributed by atoms with van der Waals surface area (Å²) in [5.74, 6) is 0.947. The number of nitro benzene ring substituents is 1. The molecule has 4 rings (SSSR count). The van der Waals surface area contributed by atoms with Gasteiger partial charge in [0, 0.05) is 30.3 Å². The average molecular weight is 355 g/mol. The standard InChI is InChI=1S/C17H17N5O2S/c1-11-4-2-3-9-21(11)17-16-15(18-10-19-17)14(20-25-16)12-5-7-13(8-6-12)22(23)24/h5-8,10-11H,2-4,9H2,1H3/t11-/m1/s1. The van der Waals surface area contributed by atoms with Crippen molar-refractivity contribution >= 4 is 33.3 Å². The second kappa shape index (κ2) is 6.36. The van der Waals surface area contributed by atoms with E-state index in [4.69, 9.17) is 0 Å². The highest BCUT2D eigenvalue weighted by Gasteiger charge is 2.24. The fraction of sp³-hybridized carbons (Fsp3) is 0.353. The second-order valence-corrected chi connectivity index (χ2v) is 7.02. The van der Waals surface area contributed by atoms with Crippen molar-refractivity contribution in [2.75, 3.05) is 11.4 Å². The van der Waals surface area contributed by atoms with Crippen molar-refractivity contribution in [3.63, 3.8) is 0 Å². The van der Waals surface area contributed by atoms with E-state index in [1.54, 1.807) is 18.5 Å². The van der Waals surface area contributed by atoms with E-state index in [2.05, 4.69) is 26.2 Å². The van der Waals surface area contributed by atoms with E-state index in [0.717, 1.165) is 33.8 Å². The van der Waals surface area contributed by atoms with E-state index in [1.165, 1.54) is 42.9 Å². The largest absolute Gasteiger partial charge is 0.353 e. The summed E-state index contributed by atoms with van der Waals surface area (Å²) in [6, 6.07) is 6.89. The SMILES string of the molecule is C[C@@H]1CCCCN1c1ncnc2c(-c3ccc([N+](=O)[O-])cc3)nsc12. The van der Waals surface area contributed by atoms with Crippen LogP contribution >= 0.6 is 11.5 Å². The summed E-state index contributed by atoms with van der Waals surface area (Å²) in [6.45, 7) is 3.23. The first-order valence-electron chi connectivity index (χ1n) is 8.27. The molecular weight excluding hydrogens is 338 g/mol. The molecular formula is C17H17N5O2S. The minimum Gasteiger partial charge on any atom is -0.353 e. The highest BCUT2D eigenvalue weighted by Crippen LogP contribution is 2.36. The normalized spacial score (nSPS) is 17.8. The number of aromatic nitrogens is 3. The molecule has 0 unspecified atom stereocenters. The maximum absolute atomic E-state index is 10.8. The first kappa shape index (κ1) is 15.9. The van der Waals surface area contributed by atoms with Crippen LogP contribution < -0.4 is 4.90 Å². The van der Waals surface area contributed by atoms with Crippen LogP contribution in [0.25, 0.3) is 21.5 Å². The van der Waals surface area contributed by atoms with Crippen LogP contribution in [0, 0.1) is 10.1 Å². The predicted molar refractivity (Wildman–Crippen MR) is 98.0 cm³/mol. The first-order valence-corrected chi connectivity index (χ1v) is 9.04. The van der Waals surface area contributed by atoms with Crippen LogP contribution in [0.4, 0.5) is 11.5 Å². The fourth-order valence-corrected chi connectivity index (χ4v) is 4.16. The van der Waals surface area contributed by atoms with Gasteiger partial charge >= 0.3 is 0 Å². The maximum Gasteiger partial charge on any atom is 0.269 e. The summed E-state index contributed by atoms with van der Waals surface area (Å²) in [5.41, 5.74) is 2.46. The molecule has 3 aromatic rings. The monoisotopic (exact) mass is 355 g/mol. The van der Waals surface area contributed by atoms with E-state index in [1.807, 2.05) is 0 Å². The summed E-state index contributed by atoms with van der Waals surface area (Å²) in [4.78, 5) is 21.7. The Bertz CT molecular complexity index is 924. The zero-order valence-corrected chi connectivity index (χ0v) is 14.6. The zero-order valence-electron chi connectivity index (χ0n) is 13.8. The number of rotatable bonds is 3. The molecule has 0 spiro atoms. The third-order valence-electron chi connectivity index (χ3n) is 4.66. The van der Waals surface area contributed by atoms with Gasteiger partial charge in [0.25, 0.3) is 5.69 Å². The molecule has 3 heterocycles. The van der Waals surface area contributed by atoms with Crippen molar-refractivity contribution in [3.05, 3.63) is 40.7 Å². The third-order valence-corrected chi connectivity index (χ3v) is 5.50. The Kier molecular flexibility index (Phi) is 4.04. The number of piperidine rings is 1. The number of non-ortho nitro benzene ring substituents is 1. The lowest BCUT2D eigenvalue weighted by Gasteiger charge is -2.34. The van der Waals surface area contributed by atoms with Crippen LogP contribution in [-0.4, -0.2) is 31.9 Å². The number of benzene rings is 1. The van der Waals surface area contributed by atoms with Gasteiger partial charge in [-0.1, -0.05) is 0 Å². The van der Waals surface area contributed by atoms with Crippen molar-refractivity contribution in [1.29, 1.82) is 0 Å². The lowest BCUT2D eigenvalue weighted by Crippen LogP contribution is -2.38. The molecule has 1 aromatic carbocycles. The van der Waals surface area contributed by atoms with Crippen LogP contribution in [0.1, 0.15) is 26.2 Å². The van der Waals surface area contributed by atoms with Gasteiger partial charge in [0.2, 0.25) is 0 Å². The van der Waals surface area contributed by atoms with Crippen LogP contribution in [0.2, 0.25) is 0 Å². The van der Waals surface area contributed by atoms with Crippen LogP contribution in [0.15, 0.2) is 30.6 Å². The molecule has 1 saturated heterocycles. The molecule has 7 nitrogen and oxygen atoms in total. The Hall–Kier alpha value is -2.61. The third kappa shape index (κ3) is 2.82. The topological polar surface area (TPSA) is 85.0 Å². The van der Waals surface area contributed by atoms with Gasteiger partial charge in [-0.05, 0) is 49.9 Å². The molecule has 1 fully saturated rings. The van der Waals surface area contributed by atoms with E-state index in [9.17, 15) is 10.1 Å². The number of nitrogens with zero attached hydrogens (tertiary/aromatic N) is 5. The quantitative estimate of drug-likeness (QED) is 0.521. The van der Waals surface area contributed by atoms with Crippen molar-refractivity contribution in [1.82, 2.24) is 14.3 Å². The molecule has 2 aromatic heterocycles. The molecule has 25 heavy (non-hydrogen) atoms. The van der Waals surface area contributed by atoms with Gasteiger partial charge in [-0.2, -0.15) is 4.37 Å². The highest BCUT2D eigenvalue weighted by molar-refractivity contribution is 7.14. The molecule has 1 aliphatic rings. The lowest BCUT2D eigenvalue weighted by atomic mass is 10.0. The molecule has 1 atom stereocenters. The minimum atomic E-state index is -0.402. The van der Waals surface area contributed by atoms with Crippen LogP contribution in [0.3, 0.4) is 0 Å². The number of fused-ring (bicyclic) bond motifs is 1. The summed E-state index contributed by atoms with van der Waals surface area (Å²) in [6.07, 6.45) is 5.17.